The van der Waals surface area contributed by atoms with Gasteiger partial charge >= 0.3 is 5.97 Å². The van der Waals surface area contributed by atoms with Gasteiger partial charge in [0.15, 0.2) is 5.96 Å². The van der Waals surface area contributed by atoms with Crippen LogP contribution in [0.3, 0.4) is 0 Å². The zero-order valence-electron chi connectivity index (χ0n) is 11.7. The standard InChI is InChI=1S/C12H23N3O2.HI/c1-12(2,3)17-10(16)9-14-11(13-4)15-7-5-6-8-15;/h5-9H2,1-4H3,(H,13,14);1H. The molecule has 1 aliphatic rings. The van der Waals surface area contributed by atoms with E-state index in [1.54, 1.807) is 7.05 Å². The Bertz CT molecular complexity index is 294. The minimum absolute atomic E-state index is 0. The van der Waals surface area contributed by atoms with E-state index in [2.05, 4.69) is 15.2 Å². The van der Waals surface area contributed by atoms with Crippen molar-refractivity contribution in [3.05, 3.63) is 0 Å². The third-order valence-electron chi connectivity index (χ3n) is 2.43. The first-order chi connectivity index (χ1) is 7.92. The van der Waals surface area contributed by atoms with E-state index in [0.717, 1.165) is 19.0 Å². The van der Waals surface area contributed by atoms with Gasteiger partial charge in [-0.05, 0) is 33.6 Å². The number of guanidine groups is 1. The Hall–Kier alpha value is -0.530. The molecule has 1 aliphatic heterocycles. The highest BCUT2D eigenvalue weighted by molar-refractivity contribution is 14.0. The van der Waals surface area contributed by atoms with Gasteiger partial charge in [0.05, 0.1) is 0 Å². The van der Waals surface area contributed by atoms with Crippen LogP contribution in [0.4, 0.5) is 0 Å². The molecule has 106 valence electrons. The Morgan fingerprint density at radius 3 is 2.33 bits per heavy atom. The molecule has 0 aromatic rings. The molecule has 0 radical (unpaired) electrons. The lowest BCUT2D eigenvalue weighted by atomic mass is 10.2. The van der Waals surface area contributed by atoms with Crippen LogP contribution in [0.15, 0.2) is 4.99 Å². The molecule has 18 heavy (non-hydrogen) atoms. The lowest BCUT2D eigenvalue weighted by Crippen LogP contribution is -2.43. The Kier molecular flexibility index (Phi) is 7.58. The van der Waals surface area contributed by atoms with Gasteiger partial charge in [0, 0.05) is 20.1 Å². The molecule has 5 nitrogen and oxygen atoms in total. The second kappa shape index (κ2) is 7.81. The van der Waals surface area contributed by atoms with Gasteiger partial charge in [0.1, 0.15) is 12.1 Å². The topological polar surface area (TPSA) is 53.9 Å². The van der Waals surface area contributed by atoms with Crippen molar-refractivity contribution in [2.24, 2.45) is 4.99 Å². The lowest BCUT2D eigenvalue weighted by Gasteiger charge is -2.22. The summed E-state index contributed by atoms with van der Waals surface area (Å²) in [5, 5.41) is 3.04. The van der Waals surface area contributed by atoms with Crippen molar-refractivity contribution < 1.29 is 9.53 Å². The van der Waals surface area contributed by atoms with Gasteiger partial charge in [-0.15, -0.1) is 24.0 Å². The van der Waals surface area contributed by atoms with Crippen LogP contribution in [0.25, 0.3) is 0 Å². The minimum Gasteiger partial charge on any atom is -0.459 e. The molecule has 0 atom stereocenters. The van der Waals surface area contributed by atoms with E-state index < -0.39 is 5.60 Å². The van der Waals surface area contributed by atoms with Crippen LogP contribution in [0, 0.1) is 0 Å². The maximum atomic E-state index is 11.5. The summed E-state index contributed by atoms with van der Waals surface area (Å²) < 4.78 is 5.22. The van der Waals surface area contributed by atoms with Crippen molar-refractivity contribution in [1.82, 2.24) is 10.2 Å². The largest absolute Gasteiger partial charge is 0.459 e. The summed E-state index contributed by atoms with van der Waals surface area (Å²) in [7, 11) is 1.73. The zero-order valence-corrected chi connectivity index (χ0v) is 14.0. The Morgan fingerprint density at radius 2 is 1.89 bits per heavy atom. The molecule has 0 aromatic heterocycles. The van der Waals surface area contributed by atoms with Crippen LogP contribution < -0.4 is 5.32 Å². The molecule has 1 rings (SSSR count). The van der Waals surface area contributed by atoms with Crippen molar-refractivity contribution in [2.75, 3.05) is 26.7 Å². The van der Waals surface area contributed by atoms with Crippen LogP contribution in [-0.4, -0.2) is 49.1 Å². The number of esters is 1. The second-order valence-electron chi connectivity index (χ2n) is 5.18. The smallest absolute Gasteiger partial charge is 0.325 e. The Morgan fingerprint density at radius 1 is 1.33 bits per heavy atom. The molecule has 0 aromatic carbocycles. The summed E-state index contributed by atoms with van der Waals surface area (Å²) in [5.74, 6) is 0.534. The van der Waals surface area contributed by atoms with Crippen LogP contribution in [0.5, 0.6) is 0 Å². The molecule has 1 saturated heterocycles. The number of hydrogen-bond acceptors (Lipinski definition) is 3. The van der Waals surface area contributed by atoms with Gasteiger partial charge in [-0.25, -0.2) is 0 Å². The summed E-state index contributed by atoms with van der Waals surface area (Å²) in [5.41, 5.74) is -0.435. The van der Waals surface area contributed by atoms with Crippen molar-refractivity contribution in [1.29, 1.82) is 0 Å². The van der Waals surface area contributed by atoms with Crippen molar-refractivity contribution in [3.8, 4) is 0 Å². The van der Waals surface area contributed by atoms with E-state index in [4.69, 9.17) is 4.74 Å². The third kappa shape index (κ3) is 6.42. The zero-order chi connectivity index (χ0) is 12.9. The van der Waals surface area contributed by atoms with Crippen molar-refractivity contribution in [3.63, 3.8) is 0 Å². The summed E-state index contributed by atoms with van der Waals surface area (Å²) in [6, 6.07) is 0. The van der Waals surface area contributed by atoms with Crippen LogP contribution in [0.1, 0.15) is 33.6 Å². The van der Waals surface area contributed by atoms with Gasteiger partial charge in [0.2, 0.25) is 0 Å². The maximum absolute atomic E-state index is 11.5. The number of carbonyl (C=O) groups excluding carboxylic acids is 1. The average Bonchev–Trinajstić information content (AvgIpc) is 2.69. The van der Waals surface area contributed by atoms with Crippen molar-refractivity contribution >= 4 is 35.9 Å². The minimum atomic E-state index is -0.435. The molecule has 0 spiro atoms. The molecule has 1 N–H and O–H groups in total. The number of likely N-dealkylation sites (tertiary alicyclic amines) is 1. The molecule has 6 heteroatoms. The predicted octanol–water partition coefficient (Wildman–Crippen LogP) is 1.62. The lowest BCUT2D eigenvalue weighted by molar-refractivity contribution is -0.153. The summed E-state index contributed by atoms with van der Waals surface area (Å²) >= 11 is 0. The van der Waals surface area contributed by atoms with E-state index in [9.17, 15) is 4.79 Å². The molecule has 1 heterocycles. The van der Waals surface area contributed by atoms with E-state index in [1.165, 1.54) is 12.8 Å². The fraction of sp³-hybridized carbons (Fsp3) is 0.833. The van der Waals surface area contributed by atoms with E-state index >= 15 is 0 Å². The highest BCUT2D eigenvalue weighted by Crippen LogP contribution is 2.08. The van der Waals surface area contributed by atoms with Crippen molar-refractivity contribution in [2.45, 2.75) is 39.2 Å². The first-order valence-corrected chi connectivity index (χ1v) is 6.10. The fourth-order valence-electron chi connectivity index (χ4n) is 1.79. The quantitative estimate of drug-likeness (QED) is 0.348. The molecule has 0 unspecified atom stereocenters. The monoisotopic (exact) mass is 369 g/mol. The molecule has 0 aliphatic carbocycles. The summed E-state index contributed by atoms with van der Waals surface area (Å²) in [6.07, 6.45) is 2.38. The molecular weight excluding hydrogens is 345 g/mol. The number of carbonyl (C=O) groups is 1. The first-order valence-electron chi connectivity index (χ1n) is 6.10. The van der Waals surface area contributed by atoms with Crippen LogP contribution in [0.2, 0.25) is 0 Å². The number of nitrogens with one attached hydrogen (secondary N) is 1. The van der Waals surface area contributed by atoms with E-state index in [-0.39, 0.29) is 36.5 Å². The number of hydrogen-bond donors (Lipinski definition) is 1. The Labute approximate surface area is 126 Å². The van der Waals surface area contributed by atoms with Gasteiger partial charge in [-0.2, -0.15) is 0 Å². The van der Waals surface area contributed by atoms with Crippen LogP contribution >= 0.6 is 24.0 Å². The molecule has 0 saturated carbocycles. The number of halogens is 1. The van der Waals surface area contributed by atoms with E-state index in [0.29, 0.717) is 0 Å². The molecule has 1 fully saturated rings. The molecule has 0 amide bonds. The number of aliphatic imine (C=N–C) groups is 1. The summed E-state index contributed by atoms with van der Waals surface area (Å²) in [4.78, 5) is 17.9. The SMILES string of the molecule is CN=C(NCC(=O)OC(C)(C)C)N1CCCC1.I. The highest BCUT2D eigenvalue weighted by Gasteiger charge is 2.19. The van der Waals surface area contributed by atoms with Gasteiger partial charge in [0.25, 0.3) is 0 Å². The predicted molar refractivity (Wildman–Crippen MR) is 83.4 cm³/mol. The third-order valence-corrected chi connectivity index (χ3v) is 2.43. The van der Waals surface area contributed by atoms with Gasteiger partial charge < -0.3 is 15.0 Å². The van der Waals surface area contributed by atoms with Gasteiger partial charge in [-0.3, -0.25) is 9.79 Å². The molecule has 0 bridgehead atoms. The first kappa shape index (κ1) is 17.5. The normalized spacial score (nSPS) is 16.2. The average molecular weight is 369 g/mol. The highest BCUT2D eigenvalue weighted by atomic mass is 127. The van der Waals surface area contributed by atoms with Crippen LogP contribution in [-0.2, 0) is 9.53 Å². The van der Waals surface area contributed by atoms with Gasteiger partial charge in [-0.1, -0.05) is 0 Å². The maximum Gasteiger partial charge on any atom is 0.325 e. The number of nitrogens with zero attached hydrogens (tertiary/aromatic N) is 2. The Balaban J connectivity index is 0.00000289. The second-order valence-corrected chi connectivity index (χ2v) is 5.18. The summed E-state index contributed by atoms with van der Waals surface area (Å²) in [6.45, 7) is 7.77. The van der Waals surface area contributed by atoms with E-state index in [1.807, 2.05) is 20.8 Å². The fourth-order valence-corrected chi connectivity index (χ4v) is 1.79. The number of rotatable bonds is 2. The molecular formula is C12H24IN3O2. The number of ether oxygens (including phenoxy) is 1.